The first kappa shape index (κ1) is 23.7. The minimum atomic E-state index is -0.350. The van der Waals surface area contributed by atoms with E-state index in [1.54, 1.807) is 12.1 Å². The second kappa shape index (κ2) is 12.2. The largest absolute Gasteiger partial charge is 0.459 e. The summed E-state index contributed by atoms with van der Waals surface area (Å²) in [5, 5.41) is 0. The molecule has 2 atom stereocenters. The number of ether oxygens (including phenoxy) is 2. The van der Waals surface area contributed by atoms with Gasteiger partial charge in [0.15, 0.2) is 0 Å². The van der Waals surface area contributed by atoms with E-state index in [2.05, 4.69) is 13.8 Å². The van der Waals surface area contributed by atoms with Gasteiger partial charge in [-0.2, -0.15) is 0 Å². The topological polar surface area (TPSA) is 52.6 Å². The zero-order valence-electron chi connectivity index (χ0n) is 18.6. The highest BCUT2D eigenvalue weighted by molar-refractivity contribution is 5.90. The summed E-state index contributed by atoms with van der Waals surface area (Å²) in [5.41, 5.74) is 3.51. The third kappa shape index (κ3) is 7.33. The van der Waals surface area contributed by atoms with Crippen molar-refractivity contribution in [1.29, 1.82) is 0 Å². The van der Waals surface area contributed by atoms with Crippen LogP contribution in [0.1, 0.15) is 85.2 Å². The minimum absolute atomic E-state index is 0.303. The van der Waals surface area contributed by atoms with E-state index in [0.29, 0.717) is 24.0 Å². The van der Waals surface area contributed by atoms with Crippen LogP contribution in [-0.4, -0.2) is 24.1 Å². The third-order valence-corrected chi connectivity index (χ3v) is 5.09. The molecular formula is C26H34O4. The molecule has 0 bridgehead atoms. The van der Waals surface area contributed by atoms with Gasteiger partial charge in [-0.25, -0.2) is 9.59 Å². The maximum atomic E-state index is 12.5. The minimum Gasteiger partial charge on any atom is -0.459 e. The fraction of sp³-hybridized carbons (Fsp3) is 0.462. The van der Waals surface area contributed by atoms with Crippen LogP contribution in [0, 0.1) is 0 Å². The van der Waals surface area contributed by atoms with Crippen LogP contribution in [0.4, 0.5) is 0 Å². The predicted molar refractivity (Wildman–Crippen MR) is 120 cm³/mol. The van der Waals surface area contributed by atoms with Crippen LogP contribution in [0.15, 0.2) is 48.5 Å². The van der Waals surface area contributed by atoms with Crippen molar-refractivity contribution in [3.63, 3.8) is 0 Å². The Morgan fingerprint density at radius 1 is 0.733 bits per heavy atom. The third-order valence-electron chi connectivity index (χ3n) is 5.09. The first-order valence-electron chi connectivity index (χ1n) is 11.1. The molecule has 0 heterocycles. The molecule has 162 valence electrons. The number of benzene rings is 2. The fourth-order valence-corrected chi connectivity index (χ4v) is 3.38. The van der Waals surface area contributed by atoms with Crippen molar-refractivity contribution in [2.45, 2.75) is 78.4 Å². The molecule has 0 aliphatic heterocycles. The Labute approximate surface area is 180 Å². The van der Waals surface area contributed by atoms with Gasteiger partial charge in [0, 0.05) is 6.42 Å². The highest BCUT2D eigenvalue weighted by Gasteiger charge is 2.20. The average molecular weight is 411 g/mol. The number of hydrogen-bond donors (Lipinski definition) is 0. The highest BCUT2D eigenvalue weighted by Crippen LogP contribution is 2.16. The van der Waals surface area contributed by atoms with Crippen LogP contribution < -0.4 is 0 Å². The summed E-state index contributed by atoms with van der Waals surface area (Å²) in [6.45, 7) is 8.05. The summed E-state index contributed by atoms with van der Waals surface area (Å²) < 4.78 is 11.2. The second-order valence-corrected chi connectivity index (χ2v) is 7.78. The van der Waals surface area contributed by atoms with Gasteiger partial charge in [-0.15, -0.1) is 0 Å². The van der Waals surface area contributed by atoms with Gasteiger partial charge in [0.1, 0.15) is 12.2 Å². The molecule has 0 aromatic heterocycles. The molecule has 2 aromatic rings. The van der Waals surface area contributed by atoms with E-state index in [0.717, 1.165) is 25.7 Å². The lowest BCUT2D eigenvalue weighted by Gasteiger charge is -2.21. The Bertz CT molecular complexity index is 793. The van der Waals surface area contributed by atoms with Crippen LogP contribution in [0.25, 0.3) is 0 Å². The van der Waals surface area contributed by atoms with Crippen LogP contribution >= 0.6 is 0 Å². The van der Waals surface area contributed by atoms with E-state index in [1.165, 1.54) is 11.1 Å². The van der Waals surface area contributed by atoms with Gasteiger partial charge in [-0.3, -0.25) is 0 Å². The van der Waals surface area contributed by atoms with Crippen molar-refractivity contribution >= 4 is 11.9 Å². The fourth-order valence-electron chi connectivity index (χ4n) is 3.38. The maximum absolute atomic E-state index is 12.5. The molecule has 0 saturated heterocycles. The monoisotopic (exact) mass is 410 g/mol. The normalized spacial score (nSPS) is 12.8. The Kier molecular flexibility index (Phi) is 9.59. The Balaban J connectivity index is 1.87. The van der Waals surface area contributed by atoms with Gasteiger partial charge >= 0.3 is 11.9 Å². The van der Waals surface area contributed by atoms with Crippen molar-refractivity contribution < 1.29 is 19.1 Å². The zero-order chi connectivity index (χ0) is 21.9. The standard InChI is InChI=1S/C26H34O4/c1-5-8-20-10-14-22(15-11-20)25(27)29-19(4)18-24(7-3)30-26(28)23-16-12-21(9-6-2)13-17-23/h10-17,19,24H,5-9,18H2,1-4H3. The van der Waals surface area contributed by atoms with Gasteiger partial charge in [-0.1, -0.05) is 57.9 Å². The highest BCUT2D eigenvalue weighted by atomic mass is 16.6. The van der Waals surface area contributed by atoms with Crippen molar-refractivity contribution in [1.82, 2.24) is 0 Å². The molecule has 4 nitrogen and oxygen atoms in total. The van der Waals surface area contributed by atoms with Gasteiger partial charge in [0.2, 0.25) is 0 Å². The van der Waals surface area contributed by atoms with Gasteiger partial charge in [0.25, 0.3) is 0 Å². The average Bonchev–Trinajstić information content (AvgIpc) is 2.74. The number of carbonyl (C=O) groups excluding carboxylic acids is 2. The van der Waals surface area contributed by atoms with E-state index < -0.39 is 0 Å². The summed E-state index contributed by atoms with van der Waals surface area (Å²) in [6.07, 6.45) is 4.61. The molecule has 0 spiro atoms. The SMILES string of the molecule is CCCc1ccc(C(=O)OC(C)CC(CC)OC(=O)c2ccc(CCC)cc2)cc1. The molecule has 2 rings (SSSR count). The number of esters is 2. The maximum Gasteiger partial charge on any atom is 0.338 e. The first-order valence-corrected chi connectivity index (χ1v) is 11.1. The zero-order valence-corrected chi connectivity index (χ0v) is 18.6. The molecule has 2 aromatic carbocycles. The van der Waals surface area contributed by atoms with E-state index >= 15 is 0 Å². The summed E-state index contributed by atoms with van der Waals surface area (Å²) in [7, 11) is 0. The molecule has 2 unspecified atom stereocenters. The number of aryl methyl sites for hydroxylation is 2. The van der Waals surface area contributed by atoms with Crippen molar-refractivity contribution in [3.8, 4) is 0 Å². The molecule has 30 heavy (non-hydrogen) atoms. The molecule has 0 radical (unpaired) electrons. The summed E-state index contributed by atoms with van der Waals surface area (Å²) in [4.78, 5) is 24.9. The van der Waals surface area contributed by atoms with Crippen LogP contribution in [0.2, 0.25) is 0 Å². The van der Waals surface area contributed by atoms with Crippen LogP contribution in [-0.2, 0) is 22.3 Å². The van der Waals surface area contributed by atoms with E-state index in [9.17, 15) is 9.59 Å². The molecule has 0 N–H and O–H groups in total. The molecule has 4 heteroatoms. The first-order chi connectivity index (χ1) is 14.5. The lowest BCUT2D eigenvalue weighted by Crippen LogP contribution is -2.25. The van der Waals surface area contributed by atoms with Crippen LogP contribution in [0.5, 0.6) is 0 Å². The molecule has 0 saturated carbocycles. The van der Waals surface area contributed by atoms with Gasteiger partial charge < -0.3 is 9.47 Å². The lowest BCUT2D eigenvalue weighted by atomic mass is 10.1. The van der Waals surface area contributed by atoms with Gasteiger partial charge in [-0.05, 0) is 61.6 Å². The number of hydrogen-bond acceptors (Lipinski definition) is 4. The second-order valence-electron chi connectivity index (χ2n) is 7.78. The van der Waals surface area contributed by atoms with E-state index in [-0.39, 0.29) is 24.1 Å². The Morgan fingerprint density at radius 3 is 1.57 bits per heavy atom. The summed E-state index contributed by atoms with van der Waals surface area (Å²) in [6, 6.07) is 15.1. The summed E-state index contributed by atoms with van der Waals surface area (Å²) in [5.74, 6) is -0.687. The smallest absolute Gasteiger partial charge is 0.338 e. The Hall–Kier alpha value is -2.62. The molecule has 0 aliphatic carbocycles. The Morgan fingerprint density at radius 2 is 1.17 bits per heavy atom. The van der Waals surface area contributed by atoms with Crippen molar-refractivity contribution in [3.05, 3.63) is 70.8 Å². The molecular weight excluding hydrogens is 376 g/mol. The van der Waals surface area contributed by atoms with Crippen molar-refractivity contribution in [2.24, 2.45) is 0 Å². The van der Waals surface area contributed by atoms with Crippen molar-refractivity contribution in [2.75, 3.05) is 0 Å². The van der Waals surface area contributed by atoms with E-state index in [4.69, 9.17) is 9.47 Å². The quantitative estimate of drug-likeness (QED) is 0.416. The molecule has 0 fully saturated rings. The number of rotatable bonds is 11. The summed E-state index contributed by atoms with van der Waals surface area (Å²) >= 11 is 0. The molecule has 0 aliphatic rings. The predicted octanol–water partition coefficient (Wildman–Crippen LogP) is 6.16. The van der Waals surface area contributed by atoms with Gasteiger partial charge in [0.05, 0.1) is 11.1 Å². The van der Waals surface area contributed by atoms with E-state index in [1.807, 2.05) is 50.2 Å². The lowest BCUT2D eigenvalue weighted by molar-refractivity contribution is 0.00281. The van der Waals surface area contributed by atoms with Crippen LogP contribution in [0.3, 0.4) is 0 Å². The number of carbonyl (C=O) groups is 2. The molecule has 0 amide bonds.